The predicted molar refractivity (Wildman–Crippen MR) is 91.1 cm³/mol. The van der Waals surface area contributed by atoms with Gasteiger partial charge < -0.3 is 13.9 Å². The van der Waals surface area contributed by atoms with Gasteiger partial charge >= 0.3 is 0 Å². The minimum atomic E-state index is 0.0128. The van der Waals surface area contributed by atoms with Crippen molar-refractivity contribution in [1.82, 2.24) is 19.7 Å². The van der Waals surface area contributed by atoms with E-state index in [4.69, 9.17) is 4.42 Å². The van der Waals surface area contributed by atoms with Crippen molar-refractivity contribution in [3.8, 4) is 11.4 Å². The number of hydrogen-bond acceptors (Lipinski definition) is 5. The largest absolute Gasteiger partial charge is 0.469 e. The maximum atomic E-state index is 12.2. The van der Waals surface area contributed by atoms with Crippen LogP contribution in [0.2, 0.25) is 0 Å². The maximum absolute atomic E-state index is 12.2. The lowest BCUT2D eigenvalue weighted by Gasteiger charge is -2.18. The molecule has 0 unspecified atom stereocenters. The number of rotatable bonds is 8. The molecule has 0 saturated heterocycles. The van der Waals surface area contributed by atoms with Crippen molar-refractivity contribution < 1.29 is 9.21 Å². The first-order valence-corrected chi connectivity index (χ1v) is 8.13. The molecule has 0 aliphatic heterocycles. The summed E-state index contributed by atoms with van der Waals surface area (Å²) < 4.78 is 7.16. The first-order chi connectivity index (χ1) is 11.1. The third-order valence-corrected chi connectivity index (χ3v) is 4.32. The Morgan fingerprint density at radius 1 is 1.39 bits per heavy atom. The number of carbonyl (C=O) groups excluding carboxylic acids is 1. The van der Waals surface area contributed by atoms with Gasteiger partial charge in [-0.1, -0.05) is 23.9 Å². The van der Waals surface area contributed by atoms with Crippen LogP contribution in [0.15, 0.2) is 47.2 Å². The third-order valence-electron chi connectivity index (χ3n) is 3.31. The highest BCUT2D eigenvalue weighted by Crippen LogP contribution is 2.25. The van der Waals surface area contributed by atoms with Crippen LogP contribution in [0.1, 0.15) is 5.76 Å². The number of aromatic nitrogens is 3. The van der Waals surface area contributed by atoms with E-state index in [0.717, 1.165) is 17.1 Å². The molecule has 7 heteroatoms. The molecular weight excluding hydrogens is 312 g/mol. The summed E-state index contributed by atoms with van der Waals surface area (Å²) in [6.07, 6.45) is 5.03. The summed E-state index contributed by atoms with van der Waals surface area (Å²) in [5.41, 5.74) is 0.901. The summed E-state index contributed by atoms with van der Waals surface area (Å²) in [6.45, 7) is 10.2. The van der Waals surface area contributed by atoms with E-state index in [0.29, 0.717) is 18.2 Å². The minimum absolute atomic E-state index is 0.0128. The fraction of sp³-hybridized carbons (Fsp3) is 0.312. The van der Waals surface area contributed by atoms with Crippen LogP contribution in [-0.2, 0) is 11.8 Å². The Hall–Kier alpha value is -2.28. The lowest BCUT2D eigenvalue weighted by Crippen LogP contribution is -2.32. The zero-order valence-corrected chi connectivity index (χ0v) is 14.2. The highest BCUT2D eigenvalue weighted by molar-refractivity contribution is 7.99. The van der Waals surface area contributed by atoms with Crippen molar-refractivity contribution >= 4 is 17.7 Å². The Bertz CT molecular complexity index is 695. The van der Waals surface area contributed by atoms with E-state index in [9.17, 15) is 4.79 Å². The molecule has 2 rings (SSSR count). The molecule has 122 valence electrons. The summed E-state index contributed by atoms with van der Waals surface area (Å²) in [7, 11) is 1.87. The third kappa shape index (κ3) is 3.92. The monoisotopic (exact) mass is 332 g/mol. The Balaban J connectivity index is 2.05. The topological polar surface area (TPSA) is 64.2 Å². The average Bonchev–Trinajstić information content (AvgIpc) is 3.10. The van der Waals surface area contributed by atoms with Crippen molar-refractivity contribution in [2.45, 2.75) is 12.1 Å². The van der Waals surface area contributed by atoms with Gasteiger partial charge in [-0.25, -0.2) is 0 Å². The first kappa shape index (κ1) is 17.1. The Morgan fingerprint density at radius 2 is 2.09 bits per heavy atom. The van der Waals surface area contributed by atoms with Crippen LogP contribution in [0.3, 0.4) is 0 Å². The van der Waals surface area contributed by atoms with Crippen molar-refractivity contribution in [2.24, 2.45) is 7.05 Å². The van der Waals surface area contributed by atoms with Crippen LogP contribution in [0.4, 0.5) is 0 Å². The van der Waals surface area contributed by atoms with Gasteiger partial charge in [0.25, 0.3) is 0 Å². The molecule has 1 amide bonds. The zero-order chi connectivity index (χ0) is 16.8. The summed E-state index contributed by atoms with van der Waals surface area (Å²) in [6, 6.07) is 1.86. The van der Waals surface area contributed by atoms with Crippen LogP contribution in [0.5, 0.6) is 0 Å². The van der Waals surface area contributed by atoms with E-state index < -0.39 is 0 Å². The van der Waals surface area contributed by atoms with E-state index in [-0.39, 0.29) is 11.7 Å². The van der Waals surface area contributed by atoms with Crippen molar-refractivity contribution in [3.63, 3.8) is 0 Å². The molecule has 0 N–H and O–H groups in total. The normalized spacial score (nSPS) is 10.5. The SMILES string of the molecule is C=CCN(CC=C)C(=O)CSc1nnc(-c2ccoc2C)n1C. The lowest BCUT2D eigenvalue weighted by molar-refractivity contribution is -0.127. The number of aryl methyl sites for hydroxylation is 1. The van der Waals surface area contributed by atoms with E-state index >= 15 is 0 Å². The highest BCUT2D eigenvalue weighted by atomic mass is 32.2. The van der Waals surface area contributed by atoms with Gasteiger partial charge in [0.05, 0.1) is 17.6 Å². The molecule has 2 heterocycles. The molecule has 0 aromatic carbocycles. The molecule has 0 fully saturated rings. The lowest BCUT2D eigenvalue weighted by atomic mass is 10.2. The summed E-state index contributed by atoms with van der Waals surface area (Å²) >= 11 is 1.36. The molecular formula is C16H20N4O2S. The molecule has 0 radical (unpaired) electrons. The van der Waals surface area contributed by atoms with Crippen LogP contribution in [0.25, 0.3) is 11.4 Å². The fourth-order valence-electron chi connectivity index (χ4n) is 2.10. The van der Waals surface area contributed by atoms with Gasteiger partial charge in [-0.2, -0.15) is 0 Å². The number of amides is 1. The van der Waals surface area contributed by atoms with Gasteiger partial charge in [-0.05, 0) is 13.0 Å². The number of thioether (sulfide) groups is 1. The van der Waals surface area contributed by atoms with E-state index in [1.165, 1.54) is 11.8 Å². The van der Waals surface area contributed by atoms with E-state index in [1.807, 2.05) is 24.6 Å². The zero-order valence-electron chi connectivity index (χ0n) is 13.4. The summed E-state index contributed by atoms with van der Waals surface area (Å²) in [5, 5.41) is 9.03. The second kappa shape index (κ2) is 7.82. The molecule has 23 heavy (non-hydrogen) atoms. The fourth-order valence-corrected chi connectivity index (χ4v) is 2.91. The van der Waals surface area contributed by atoms with Gasteiger partial charge in [0.2, 0.25) is 5.91 Å². The molecule has 0 bridgehead atoms. The van der Waals surface area contributed by atoms with Crippen molar-refractivity contribution in [2.75, 3.05) is 18.8 Å². The van der Waals surface area contributed by atoms with Crippen molar-refractivity contribution in [3.05, 3.63) is 43.4 Å². The summed E-state index contributed by atoms with van der Waals surface area (Å²) in [5.74, 6) is 1.81. The summed E-state index contributed by atoms with van der Waals surface area (Å²) in [4.78, 5) is 13.9. The Labute approximate surface area is 139 Å². The molecule has 0 saturated carbocycles. The van der Waals surface area contributed by atoms with Gasteiger partial charge in [0, 0.05) is 20.1 Å². The molecule has 2 aromatic heterocycles. The molecule has 6 nitrogen and oxygen atoms in total. The van der Waals surface area contributed by atoms with Gasteiger partial charge in [0.1, 0.15) is 5.76 Å². The Morgan fingerprint density at radius 3 is 2.65 bits per heavy atom. The Kier molecular flexibility index (Phi) is 5.81. The molecule has 2 aromatic rings. The molecule has 0 spiro atoms. The number of furan rings is 1. The second-order valence-corrected chi connectivity index (χ2v) is 5.86. The van der Waals surface area contributed by atoms with Crippen LogP contribution >= 0.6 is 11.8 Å². The minimum Gasteiger partial charge on any atom is -0.469 e. The van der Waals surface area contributed by atoms with E-state index in [1.54, 1.807) is 23.3 Å². The standard InChI is InChI=1S/C16H20N4O2S/c1-5-8-20(9-6-2)14(21)11-23-16-18-17-15(19(16)4)13-7-10-22-12(13)3/h5-7,10H,1-2,8-9,11H2,3-4H3. The predicted octanol–water partition coefficient (Wildman–Crippen LogP) is 2.68. The molecule has 0 aliphatic carbocycles. The van der Waals surface area contributed by atoms with Gasteiger partial charge in [0.15, 0.2) is 11.0 Å². The number of nitrogens with zero attached hydrogens (tertiary/aromatic N) is 4. The second-order valence-electron chi connectivity index (χ2n) is 4.92. The maximum Gasteiger partial charge on any atom is 0.233 e. The molecule has 0 atom stereocenters. The van der Waals surface area contributed by atoms with E-state index in [2.05, 4.69) is 23.4 Å². The molecule has 0 aliphatic rings. The van der Waals surface area contributed by atoms with Gasteiger partial charge in [-0.3, -0.25) is 4.79 Å². The first-order valence-electron chi connectivity index (χ1n) is 7.14. The number of hydrogen-bond donors (Lipinski definition) is 0. The average molecular weight is 332 g/mol. The van der Waals surface area contributed by atoms with Crippen LogP contribution < -0.4 is 0 Å². The van der Waals surface area contributed by atoms with Crippen molar-refractivity contribution in [1.29, 1.82) is 0 Å². The van der Waals surface area contributed by atoms with Crippen LogP contribution in [-0.4, -0.2) is 44.4 Å². The highest BCUT2D eigenvalue weighted by Gasteiger charge is 2.17. The number of carbonyl (C=O) groups is 1. The van der Waals surface area contributed by atoms with Crippen LogP contribution in [0, 0.1) is 6.92 Å². The quantitative estimate of drug-likeness (QED) is 0.549. The van der Waals surface area contributed by atoms with Gasteiger partial charge in [-0.15, -0.1) is 23.4 Å². The smallest absolute Gasteiger partial charge is 0.233 e.